The lowest BCUT2D eigenvalue weighted by atomic mass is 9.90. The van der Waals surface area contributed by atoms with E-state index in [1.807, 2.05) is 30.3 Å². The van der Waals surface area contributed by atoms with Crippen molar-refractivity contribution in [1.29, 1.82) is 0 Å². The number of carbonyl (C=O) groups is 1. The lowest BCUT2D eigenvalue weighted by molar-refractivity contribution is -0.139. The van der Waals surface area contributed by atoms with Gasteiger partial charge in [-0.1, -0.05) is 59.9 Å². The number of hydrogen-bond donors (Lipinski definition) is 0. The Morgan fingerprint density at radius 2 is 1.85 bits per heavy atom. The largest absolute Gasteiger partial charge is 0.496 e. The van der Waals surface area contributed by atoms with Gasteiger partial charge in [0.2, 0.25) is 0 Å². The van der Waals surface area contributed by atoms with E-state index in [4.69, 9.17) is 9.47 Å². The predicted octanol–water partition coefficient (Wildman–Crippen LogP) is 4.56. The molecule has 2 heterocycles. The fraction of sp³-hybridized carbons (Fsp3) is 0.207. The maximum atomic E-state index is 14.0. The standard InChI is InChI=1S/C29H24F2N2O5S/c1-4-37-27(35)23-16(2)32-29-33(25(23)24-19-11-7-5-9-17(19)13-14-21(24)36-3)26(34)22(39-29)15-18-10-6-8-12-20(18)38-28(30)31/h5-15,25,28H,4H2,1-3H3/b22-15+/t25-/m1/s1. The van der Waals surface area contributed by atoms with E-state index in [1.54, 1.807) is 38.1 Å². The first-order valence-corrected chi connectivity index (χ1v) is 12.9. The molecule has 7 nitrogen and oxygen atoms in total. The van der Waals surface area contributed by atoms with Gasteiger partial charge in [-0.25, -0.2) is 9.79 Å². The van der Waals surface area contributed by atoms with Gasteiger partial charge in [-0.15, -0.1) is 0 Å². The van der Waals surface area contributed by atoms with Crippen LogP contribution in [0.4, 0.5) is 8.78 Å². The van der Waals surface area contributed by atoms with Gasteiger partial charge in [0.15, 0.2) is 4.80 Å². The van der Waals surface area contributed by atoms with Gasteiger partial charge in [0.05, 0.1) is 29.5 Å². The minimum absolute atomic E-state index is 0.0611. The van der Waals surface area contributed by atoms with E-state index in [1.165, 1.54) is 23.8 Å². The summed E-state index contributed by atoms with van der Waals surface area (Å²) in [4.78, 5) is 32.2. The molecule has 0 unspecified atom stereocenters. The summed E-state index contributed by atoms with van der Waals surface area (Å²) >= 11 is 1.09. The van der Waals surface area contributed by atoms with Gasteiger partial charge >= 0.3 is 12.6 Å². The highest BCUT2D eigenvalue weighted by Crippen LogP contribution is 2.40. The molecule has 39 heavy (non-hydrogen) atoms. The molecule has 5 rings (SSSR count). The van der Waals surface area contributed by atoms with Crippen LogP contribution in [0, 0.1) is 0 Å². The number of esters is 1. The number of aromatic nitrogens is 1. The smallest absolute Gasteiger partial charge is 0.387 e. The zero-order chi connectivity index (χ0) is 27.7. The van der Waals surface area contributed by atoms with Crippen LogP contribution in [0.3, 0.4) is 0 Å². The summed E-state index contributed by atoms with van der Waals surface area (Å²) in [5, 5.41) is 1.69. The van der Waals surface area contributed by atoms with E-state index in [-0.39, 0.29) is 22.5 Å². The van der Waals surface area contributed by atoms with Crippen LogP contribution in [0.1, 0.15) is 31.0 Å². The zero-order valence-corrected chi connectivity index (χ0v) is 22.1. The van der Waals surface area contributed by atoms with Crippen molar-refractivity contribution in [2.75, 3.05) is 13.7 Å². The first kappa shape index (κ1) is 26.3. The summed E-state index contributed by atoms with van der Waals surface area (Å²) in [7, 11) is 1.53. The van der Waals surface area contributed by atoms with E-state index < -0.39 is 24.2 Å². The maximum Gasteiger partial charge on any atom is 0.387 e. The fourth-order valence-corrected chi connectivity index (χ4v) is 5.78. The van der Waals surface area contributed by atoms with Crippen molar-refractivity contribution in [1.82, 2.24) is 4.57 Å². The molecule has 0 saturated carbocycles. The Labute approximate surface area is 225 Å². The zero-order valence-electron chi connectivity index (χ0n) is 21.3. The van der Waals surface area contributed by atoms with E-state index in [0.717, 1.165) is 22.1 Å². The molecule has 3 aromatic carbocycles. The molecule has 0 saturated heterocycles. The molecule has 0 aliphatic carbocycles. The highest BCUT2D eigenvalue weighted by Gasteiger charge is 2.36. The normalized spacial score (nSPS) is 15.3. The van der Waals surface area contributed by atoms with E-state index in [0.29, 0.717) is 27.4 Å². The first-order chi connectivity index (χ1) is 18.8. The van der Waals surface area contributed by atoms with Gasteiger partial charge < -0.3 is 14.2 Å². The number of thiazole rings is 1. The van der Waals surface area contributed by atoms with Crippen LogP contribution in [0.2, 0.25) is 0 Å². The lowest BCUT2D eigenvalue weighted by Crippen LogP contribution is -2.40. The highest BCUT2D eigenvalue weighted by molar-refractivity contribution is 7.07. The molecule has 1 atom stereocenters. The highest BCUT2D eigenvalue weighted by atomic mass is 32.1. The second kappa shape index (κ2) is 10.8. The Kier molecular flexibility index (Phi) is 7.30. The summed E-state index contributed by atoms with van der Waals surface area (Å²) in [6, 6.07) is 16.6. The van der Waals surface area contributed by atoms with Crippen LogP contribution in [-0.4, -0.2) is 30.9 Å². The minimum atomic E-state index is -3.02. The first-order valence-electron chi connectivity index (χ1n) is 12.1. The number of rotatable bonds is 7. The second-order valence-corrected chi connectivity index (χ2v) is 9.63. The molecule has 0 spiro atoms. The van der Waals surface area contributed by atoms with E-state index in [2.05, 4.69) is 9.73 Å². The summed E-state index contributed by atoms with van der Waals surface area (Å²) in [5.41, 5.74) is 1.10. The van der Waals surface area contributed by atoms with Crippen LogP contribution in [-0.2, 0) is 9.53 Å². The topological polar surface area (TPSA) is 79.1 Å². The average Bonchev–Trinajstić information content (AvgIpc) is 3.22. The van der Waals surface area contributed by atoms with Crippen LogP contribution in [0.5, 0.6) is 11.5 Å². The Morgan fingerprint density at radius 3 is 2.59 bits per heavy atom. The minimum Gasteiger partial charge on any atom is -0.496 e. The molecule has 200 valence electrons. The number of benzene rings is 3. The number of carbonyl (C=O) groups excluding carboxylic acids is 1. The molecular formula is C29H24F2N2O5S. The summed E-state index contributed by atoms with van der Waals surface area (Å²) < 4.78 is 43.4. The SMILES string of the molecule is CCOC(=O)C1=C(C)N=c2s/c(=C/c3ccccc3OC(F)F)c(=O)n2[C@H]1c1c(OC)ccc2ccccc12. The molecular weight excluding hydrogens is 526 g/mol. The molecule has 1 aliphatic heterocycles. The number of methoxy groups -OCH3 is 1. The number of para-hydroxylation sites is 1. The second-order valence-electron chi connectivity index (χ2n) is 8.62. The third-order valence-corrected chi connectivity index (χ3v) is 7.35. The van der Waals surface area contributed by atoms with Crippen LogP contribution >= 0.6 is 11.3 Å². The molecule has 1 aliphatic rings. The Balaban J connectivity index is 1.82. The van der Waals surface area contributed by atoms with Crippen molar-refractivity contribution in [3.8, 4) is 11.5 Å². The summed E-state index contributed by atoms with van der Waals surface area (Å²) in [6.07, 6.45) is 1.49. The van der Waals surface area contributed by atoms with Gasteiger partial charge in [-0.2, -0.15) is 8.78 Å². The molecule has 10 heteroatoms. The molecule has 0 bridgehead atoms. The molecule has 0 N–H and O–H groups in total. The Hall–Kier alpha value is -4.31. The van der Waals surface area contributed by atoms with Crippen molar-refractivity contribution in [2.45, 2.75) is 26.5 Å². The van der Waals surface area contributed by atoms with Crippen molar-refractivity contribution in [2.24, 2.45) is 4.99 Å². The fourth-order valence-electron chi connectivity index (χ4n) is 4.74. The van der Waals surface area contributed by atoms with Crippen molar-refractivity contribution < 1.29 is 27.8 Å². The molecule has 0 amide bonds. The van der Waals surface area contributed by atoms with E-state index >= 15 is 0 Å². The number of ether oxygens (including phenoxy) is 3. The Morgan fingerprint density at radius 1 is 1.10 bits per heavy atom. The van der Waals surface area contributed by atoms with Crippen LogP contribution < -0.4 is 24.4 Å². The number of nitrogens with zero attached hydrogens (tertiary/aromatic N) is 2. The lowest BCUT2D eigenvalue weighted by Gasteiger charge is -2.27. The monoisotopic (exact) mass is 550 g/mol. The van der Waals surface area contributed by atoms with Gasteiger partial charge in [0, 0.05) is 11.1 Å². The van der Waals surface area contributed by atoms with Crippen LogP contribution in [0.15, 0.2) is 81.7 Å². The molecule has 1 aromatic heterocycles. The van der Waals surface area contributed by atoms with Crippen molar-refractivity contribution in [3.63, 3.8) is 0 Å². The summed E-state index contributed by atoms with van der Waals surface area (Å²) in [6.45, 7) is 0.518. The third-order valence-electron chi connectivity index (χ3n) is 6.36. The van der Waals surface area contributed by atoms with Crippen LogP contribution in [0.25, 0.3) is 16.8 Å². The van der Waals surface area contributed by atoms with Gasteiger partial charge in [0.25, 0.3) is 5.56 Å². The number of alkyl halides is 2. The number of halogens is 2. The molecule has 0 fully saturated rings. The average molecular weight is 551 g/mol. The molecule has 4 aromatic rings. The number of hydrogen-bond acceptors (Lipinski definition) is 7. The van der Waals surface area contributed by atoms with E-state index in [9.17, 15) is 18.4 Å². The third kappa shape index (κ3) is 4.83. The summed E-state index contributed by atoms with van der Waals surface area (Å²) in [5.74, 6) is -0.168. The van der Waals surface area contributed by atoms with Crippen molar-refractivity contribution in [3.05, 3.63) is 103 Å². The quantitative estimate of drug-likeness (QED) is 0.315. The van der Waals surface area contributed by atoms with Gasteiger partial charge in [-0.05, 0) is 42.8 Å². The van der Waals surface area contributed by atoms with Crippen molar-refractivity contribution >= 4 is 34.2 Å². The maximum absolute atomic E-state index is 14.0. The predicted molar refractivity (Wildman–Crippen MR) is 144 cm³/mol. The molecule has 0 radical (unpaired) electrons. The van der Waals surface area contributed by atoms with Gasteiger partial charge in [0.1, 0.15) is 17.5 Å². The number of allylic oxidation sites excluding steroid dienone is 1. The van der Waals surface area contributed by atoms with Gasteiger partial charge in [-0.3, -0.25) is 9.36 Å². The number of fused-ring (bicyclic) bond motifs is 2. The Bertz CT molecular complexity index is 1790.